The van der Waals surface area contributed by atoms with Gasteiger partial charge < -0.3 is 14.5 Å². The van der Waals surface area contributed by atoms with Crippen molar-refractivity contribution in [3.05, 3.63) is 60.2 Å². The minimum Gasteiger partial charge on any atom is -0.378 e. The zero-order valence-electron chi connectivity index (χ0n) is 13.3. The summed E-state index contributed by atoms with van der Waals surface area (Å²) in [7, 11) is 0. The molecule has 0 aliphatic carbocycles. The van der Waals surface area contributed by atoms with Gasteiger partial charge in [0, 0.05) is 30.0 Å². The molecule has 0 saturated carbocycles. The van der Waals surface area contributed by atoms with Crippen LogP contribution in [0.2, 0.25) is 0 Å². The number of β-lactam (4-membered cyclic amide) rings is 1. The Morgan fingerprint density at radius 3 is 2.38 bits per heavy atom. The number of alkyl halides is 1. The molecule has 124 valence electrons. The Kier molecular flexibility index (Phi) is 4.17. The number of ether oxygens (including phenoxy) is 1. The van der Waals surface area contributed by atoms with E-state index in [1.165, 1.54) is 0 Å². The van der Waals surface area contributed by atoms with Crippen molar-refractivity contribution in [1.29, 1.82) is 0 Å². The Labute approximate surface area is 146 Å². The Hall–Kier alpha value is -2.04. The first-order valence-corrected chi connectivity index (χ1v) is 8.65. The van der Waals surface area contributed by atoms with Gasteiger partial charge in [0.2, 0.25) is 5.91 Å². The van der Waals surface area contributed by atoms with Gasteiger partial charge in [-0.15, -0.1) is 11.6 Å². The molecule has 5 heteroatoms. The van der Waals surface area contributed by atoms with E-state index in [1.807, 2.05) is 42.5 Å². The molecule has 2 fully saturated rings. The van der Waals surface area contributed by atoms with Crippen molar-refractivity contribution < 1.29 is 9.53 Å². The summed E-state index contributed by atoms with van der Waals surface area (Å²) in [4.78, 5) is 16.5. The van der Waals surface area contributed by atoms with Gasteiger partial charge in [-0.3, -0.25) is 4.79 Å². The average molecular weight is 343 g/mol. The molecule has 1 amide bonds. The van der Waals surface area contributed by atoms with E-state index >= 15 is 0 Å². The molecule has 2 aromatic carbocycles. The highest BCUT2D eigenvalue weighted by molar-refractivity contribution is 6.37. The number of nitrogens with zero attached hydrogens (tertiary/aromatic N) is 2. The van der Waals surface area contributed by atoms with E-state index in [1.54, 1.807) is 4.90 Å². The van der Waals surface area contributed by atoms with Crippen LogP contribution in [0.15, 0.2) is 54.6 Å². The number of carbonyl (C=O) groups is 1. The third kappa shape index (κ3) is 2.56. The zero-order chi connectivity index (χ0) is 16.5. The first-order valence-electron chi connectivity index (χ1n) is 8.21. The van der Waals surface area contributed by atoms with Crippen LogP contribution >= 0.6 is 11.6 Å². The average Bonchev–Trinajstić information content (AvgIpc) is 2.66. The maximum Gasteiger partial charge on any atom is 0.248 e. The molecule has 2 heterocycles. The largest absolute Gasteiger partial charge is 0.378 e. The van der Waals surface area contributed by atoms with Crippen LogP contribution in [0.4, 0.5) is 11.4 Å². The van der Waals surface area contributed by atoms with Crippen molar-refractivity contribution in [2.45, 2.75) is 11.4 Å². The first kappa shape index (κ1) is 15.5. The topological polar surface area (TPSA) is 32.8 Å². The molecule has 0 spiro atoms. The van der Waals surface area contributed by atoms with E-state index < -0.39 is 5.38 Å². The standard InChI is InChI=1S/C19H19ClN2O2/c20-17-18(22(19(17)23)14-6-2-1-3-7-14)15-8-4-5-9-16(15)21-10-12-24-13-11-21/h1-9,17-18H,10-13H2/t17-,18-/m0/s1. The second-order valence-corrected chi connectivity index (χ2v) is 6.52. The van der Waals surface area contributed by atoms with Crippen LogP contribution in [0.5, 0.6) is 0 Å². The summed E-state index contributed by atoms with van der Waals surface area (Å²) in [5.74, 6) is -0.0374. The third-order valence-corrected chi connectivity index (χ3v) is 5.10. The van der Waals surface area contributed by atoms with Crippen LogP contribution in [-0.2, 0) is 9.53 Å². The van der Waals surface area contributed by atoms with Gasteiger partial charge in [-0.05, 0) is 18.2 Å². The monoisotopic (exact) mass is 342 g/mol. The zero-order valence-corrected chi connectivity index (χ0v) is 14.0. The lowest BCUT2D eigenvalue weighted by Gasteiger charge is -2.46. The van der Waals surface area contributed by atoms with Gasteiger partial charge in [-0.1, -0.05) is 36.4 Å². The second kappa shape index (κ2) is 6.46. The summed E-state index contributed by atoms with van der Waals surface area (Å²) in [5.41, 5.74) is 3.13. The number of amides is 1. The quantitative estimate of drug-likeness (QED) is 0.634. The highest BCUT2D eigenvalue weighted by Crippen LogP contribution is 2.45. The van der Waals surface area contributed by atoms with E-state index in [0.717, 1.165) is 43.2 Å². The van der Waals surface area contributed by atoms with Gasteiger partial charge in [0.15, 0.2) is 0 Å². The summed E-state index contributed by atoms with van der Waals surface area (Å²) < 4.78 is 5.46. The third-order valence-electron chi connectivity index (χ3n) is 4.67. The van der Waals surface area contributed by atoms with Crippen molar-refractivity contribution in [3.8, 4) is 0 Å². The molecule has 2 aliphatic heterocycles. The maximum atomic E-state index is 12.4. The lowest BCUT2D eigenvalue weighted by molar-refractivity contribution is -0.123. The summed E-state index contributed by atoms with van der Waals surface area (Å²) >= 11 is 6.42. The highest BCUT2D eigenvalue weighted by atomic mass is 35.5. The minimum atomic E-state index is -0.521. The number of benzene rings is 2. The van der Waals surface area contributed by atoms with Crippen molar-refractivity contribution in [3.63, 3.8) is 0 Å². The maximum absolute atomic E-state index is 12.4. The Bertz CT molecular complexity index is 731. The van der Waals surface area contributed by atoms with Crippen LogP contribution in [-0.4, -0.2) is 37.6 Å². The number of para-hydroxylation sites is 2. The van der Waals surface area contributed by atoms with Crippen molar-refractivity contribution in [2.24, 2.45) is 0 Å². The van der Waals surface area contributed by atoms with E-state index in [9.17, 15) is 4.79 Å². The summed E-state index contributed by atoms with van der Waals surface area (Å²) in [5, 5.41) is -0.521. The Balaban J connectivity index is 1.71. The molecule has 2 atom stereocenters. The molecule has 0 N–H and O–H groups in total. The molecular formula is C19H19ClN2O2. The Morgan fingerprint density at radius 1 is 0.958 bits per heavy atom. The molecule has 24 heavy (non-hydrogen) atoms. The summed E-state index contributed by atoms with van der Waals surface area (Å²) in [6, 6.07) is 17.8. The van der Waals surface area contributed by atoms with E-state index in [2.05, 4.69) is 17.0 Å². The van der Waals surface area contributed by atoms with Gasteiger partial charge in [-0.25, -0.2) is 0 Å². The van der Waals surface area contributed by atoms with Crippen LogP contribution in [0.3, 0.4) is 0 Å². The van der Waals surface area contributed by atoms with E-state index in [-0.39, 0.29) is 11.9 Å². The van der Waals surface area contributed by atoms with Crippen molar-refractivity contribution >= 4 is 28.9 Å². The second-order valence-electron chi connectivity index (χ2n) is 6.05. The van der Waals surface area contributed by atoms with E-state index in [0.29, 0.717) is 0 Å². The number of hydrogen-bond acceptors (Lipinski definition) is 3. The molecule has 0 radical (unpaired) electrons. The van der Waals surface area contributed by atoms with Crippen molar-refractivity contribution in [2.75, 3.05) is 36.1 Å². The molecule has 4 nitrogen and oxygen atoms in total. The van der Waals surface area contributed by atoms with Crippen LogP contribution in [0.25, 0.3) is 0 Å². The smallest absolute Gasteiger partial charge is 0.248 e. The molecule has 2 saturated heterocycles. The molecule has 4 rings (SSSR count). The number of halogens is 1. The molecule has 0 bridgehead atoms. The fourth-order valence-electron chi connectivity index (χ4n) is 3.46. The summed E-state index contributed by atoms with van der Waals surface area (Å²) in [6.07, 6.45) is 0. The van der Waals surface area contributed by atoms with Gasteiger partial charge >= 0.3 is 0 Å². The predicted molar refractivity (Wildman–Crippen MR) is 95.8 cm³/mol. The predicted octanol–water partition coefficient (Wildman–Crippen LogP) is 3.22. The van der Waals surface area contributed by atoms with Crippen molar-refractivity contribution in [1.82, 2.24) is 0 Å². The molecule has 0 aromatic heterocycles. The van der Waals surface area contributed by atoms with Gasteiger partial charge in [0.1, 0.15) is 5.38 Å². The van der Waals surface area contributed by atoms with Gasteiger partial charge in [0.25, 0.3) is 0 Å². The fourth-order valence-corrected chi connectivity index (χ4v) is 3.81. The van der Waals surface area contributed by atoms with Crippen LogP contribution < -0.4 is 9.80 Å². The van der Waals surface area contributed by atoms with Gasteiger partial charge in [0.05, 0.1) is 19.3 Å². The van der Waals surface area contributed by atoms with Crippen LogP contribution in [0.1, 0.15) is 11.6 Å². The first-order chi connectivity index (χ1) is 11.8. The Morgan fingerprint density at radius 2 is 1.62 bits per heavy atom. The lowest BCUT2D eigenvalue weighted by Crippen LogP contribution is -2.57. The molecule has 0 unspecified atom stereocenters. The van der Waals surface area contributed by atoms with Gasteiger partial charge in [-0.2, -0.15) is 0 Å². The number of anilines is 2. The molecule has 2 aliphatic rings. The summed E-state index contributed by atoms with van der Waals surface area (Å²) in [6.45, 7) is 3.17. The number of hydrogen-bond donors (Lipinski definition) is 0. The normalized spacial score (nSPS) is 24.0. The molecule has 2 aromatic rings. The fraction of sp³-hybridized carbons (Fsp3) is 0.316. The lowest BCUT2D eigenvalue weighted by atomic mass is 9.90. The minimum absolute atomic E-state index is 0.0374. The van der Waals surface area contributed by atoms with E-state index in [4.69, 9.17) is 16.3 Å². The number of morpholine rings is 1. The number of carbonyl (C=O) groups excluding carboxylic acids is 1. The number of rotatable bonds is 3. The SMILES string of the molecule is O=C1[C@@H](Cl)[C@H](c2ccccc2N2CCOCC2)N1c1ccccc1. The van der Waals surface area contributed by atoms with Crippen LogP contribution in [0, 0.1) is 0 Å². The highest BCUT2D eigenvalue weighted by Gasteiger charge is 2.48. The molecular weight excluding hydrogens is 324 g/mol.